The maximum Gasteiger partial charge on any atom is 0.419 e. The molecule has 1 amide bonds. The van der Waals surface area contributed by atoms with Crippen molar-refractivity contribution >= 4 is 11.6 Å². The fourth-order valence-corrected chi connectivity index (χ4v) is 4.14. The van der Waals surface area contributed by atoms with Crippen molar-refractivity contribution in [2.24, 2.45) is 0 Å². The first-order valence-electron chi connectivity index (χ1n) is 12.7. The second kappa shape index (κ2) is 12.1. The highest BCUT2D eigenvalue weighted by Crippen LogP contribution is 2.37. The van der Waals surface area contributed by atoms with Gasteiger partial charge >= 0.3 is 12.2 Å². The number of furan rings is 1. The van der Waals surface area contributed by atoms with Crippen LogP contribution in [0, 0.1) is 0 Å². The molecule has 0 bridgehead atoms. The normalized spacial score (nSPS) is 11.3. The fraction of sp³-hybridized carbons (Fsp3) is 0.167. The number of halogens is 3. The van der Waals surface area contributed by atoms with E-state index in [1.807, 2.05) is 24.3 Å². The molecule has 1 N–H and O–H groups in total. The number of carbonyl (C=O) groups excluding carboxylic acids is 1. The Labute approximate surface area is 238 Å². The Kier molecular flexibility index (Phi) is 8.14. The number of alkyl halides is 3. The molecule has 3 aromatic carbocycles. The number of nitrogens with zero attached hydrogens (tertiary/aromatic N) is 3. The highest BCUT2D eigenvalue weighted by atomic mass is 19.4. The summed E-state index contributed by atoms with van der Waals surface area (Å²) in [6.07, 6.45) is -2.58. The lowest BCUT2D eigenvalue weighted by molar-refractivity contribution is -0.138. The Balaban J connectivity index is 1.36. The predicted octanol–water partition coefficient (Wildman–Crippen LogP) is 6.44. The smallest absolute Gasteiger partial charge is 0.419 e. The number of aromatic nitrogens is 3. The van der Waals surface area contributed by atoms with E-state index < -0.39 is 17.6 Å². The number of hydrogen-bond donors (Lipinski definition) is 1. The molecule has 0 aliphatic carbocycles. The Morgan fingerprint density at radius 1 is 0.976 bits per heavy atom. The third-order valence-electron chi connectivity index (χ3n) is 6.23. The highest BCUT2D eigenvalue weighted by Gasteiger charge is 2.35. The average molecular weight is 579 g/mol. The zero-order chi connectivity index (χ0) is 29.7. The summed E-state index contributed by atoms with van der Waals surface area (Å²) in [6.45, 7) is 0.311. The van der Waals surface area contributed by atoms with Gasteiger partial charge in [0.25, 0.3) is 5.91 Å². The summed E-state index contributed by atoms with van der Waals surface area (Å²) in [7, 11) is 2.74. The summed E-state index contributed by atoms with van der Waals surface area (Å²) in [6, 6.07) is 20.9. The van der Waals surface area contributed by atoms with Crippen LogP contribution in [-0.2, 0) is 12.6 Å². The molecular formula is C30H25F3N4O5. The maximum absolute atomic E-state index is 13.4. The van der Waals surface area contributed by atoms with Crippen LogP contribution in [0.25, 0.3) is 17.3 Å². The van der Waals surface area contributed by atoms with E-state index in [9.17, 15) is 18.0 Å². The number of anilines is 1. The zero-order valence-corrected chi connectivity index (χ0v) is 22.5. The molecule has 5 rings (SSSR count). The molecule has 42 heavy (non-hydrogen) atoms. The molecule has 0 aliphatic rings. The lowest BCUT2D eigenvalue weighted by atomic mass is 10.1. The van der Waals surface area contributed by atoms with E-state index in [1.165, 1.54) is 17.0 Å². The van der Waals surface area contributed by atoms with Gasteiger partial charge in [-0.25, -0.2) is 4.68 Å². The third-order valence-corrected chi connectivity index (χ3v) is 6.23. The van der Waals surface area contributed by atoms with Crippen LogP contribution in [0.3, 0.4) is 0 Å². The monoisotopic (exact) mass is 578 g/mol. The molecule has 216 valence electrons. The fourth-order valence-electron chi connectivity index (χ4n) is 4.14. The van der Waals surface area contributed by atoms with Gasteiger partial charge in [0.15, 0.2) is 5.76 Å². The van der Waals surface area contributed by atoms with Crippen molar-refractivity contribution in [3.05, 3.63) is 102 Å². The van der Waals surface area contributed by atoms with Crippen molar-refractivity contribution in [2.75, 3.05) is 26.1 Å². The van der Waals surface area contributed by atoms with Crippen molar-refractivity contribution < 1.29 is 36.6 Å². The summed E-state index contributed by atoms with van der Waals surface area (Å²) in [5.41, 5.74) is 0.644. The van der Waals surface area contributed by atoms with Crippen LogP contribution in [0.4, 0.5) is 18.9 Å². The maximum atomic E-state index is 13.4. The summed E-state index contributed by atoms with van der Waals surface area (Å²) in [5.74, 6) is 0.441. The molecule has 0 saturated heterocycles. The summed E-state index contributed by atoms with van der Waals surface area (Å²) < 4.78 is 63.2. The number of ether oxygens (including phenoxy) is 3. The van der Waals surface area contributed by atoms with E-state index in [0.29, 0.717) is 36.0 Å². The van der Waals surface area contributed by atoms with Gasteiger partial charge in [0.05, 0.1) is 38.3 Å². The number of amides is 1. The van der Waals surface area contributed by atoms with E-state index in [4.69, 9.17) is 18.6 Å². The van der Waals surface area contributed by atoms with Crippen molar-refractivity contribution in [2.45, 2.75) is 12.6 Å². The number of carbonyl (C=O) groups is 1. The topological polar surface area (TPSA) is 101 Å². The molecule has 12 heteroatoms. The van der Waals surface area contributed by atoms with Gasteiger partial charge in [-0.1, -0.05) is 18.2 Å². The van der Waals surface area contributed by atoms with Crippen molar-refractivity contribution in [1.82, 2.24) is 14.8 Å². The number of rotatable bonds is 10. The van der Waals surface area contributed by atoms with E-state index in [0.717, 1.165) is 30.6 Å². The van der Waals surface area contributed by atoms with Gasteiger partial charge in [-0.2, -0.15) is 18.2 Å². The van der Waals surface area contributed by atoms with Gasteiger partial charge in [-0.15, -0.1) is 5.10 Å². The minimum atomic E-state index is -4.69. The van der Waals surface area contributed by atoms with Crippen LogP contribution in [0.5, 0.6) is 17.5 Å². The second-order valence-corrected chi connectivity index (χ2v) is 8.97. The molecule has 0 atom stereocenters. The lowest BCUT2D eigenvalue weighted by Gasteiger charge is -2.14. The highest BCUT2D eigenvalue weighted by molar-refractivity contribution is 6.04. The molecule has 0 spiro atoms. The Bertz CT molecular complexity index is 1670. The molecular weight excluding hydrogens is 553 g/mol. The van der Waals surface area contributed by atoms with Crippen LogP contribution in [0.2, 0.25) is 0 Å². The first kappa shape index (κ1) is 28.3. The summed E-state index contributed by atoms with van der Waals surface area (Å²) in [4.78, 5) is 17.4. The Hall–Kier alpha value is -5.26. The lowest BCUT2D eigenvalue weighted by Crippen LogP contribution is -2.15. The van der Waals surface area contributed by atoms with Crippen LogP contribution in [0.15, 0.2) is 89.5 Å². The van der Waals surface area contributed by atoms with Crippen molar-refractivity contribution in [1.29, 1.82) is 0 Å². The quantitative estimate of drug-likeness (QED) is 0.204. The second-order valence-electron chi connectivity index (χ2n) is 8.97. The number of nitrogens with one attached hydrogen (secondary N) is 1. The molecule has 0 saturated carbocycles. The van der Waals surface area contributed by atoms with Crippen LogP contribution < -0.4 is 19.5 Å². The molecule has 2 heterocycles. The zero-order valence-electron chi connectivity index (χ0n) is 22.5. The predicted molar refractivity (Wildman–Crippen MR) is 147 cm³/mol. The number of benzene rings is 3. The minimum Gasteiger partial charge on any atom is -0.497 e. The molecule has 9 nitrogen and oxygen atoms in total. The van der Waals surface area contributed by atoms with Gasteiger partial charge in [0, 0.05) is 17.7 Å². The molecule has 0 unspecified atom stereocenters. The average Bonchev–Trinajstić information content (AvgIpc) is 3.67. The van der Waals surface area contributed by atoms with E-state index >= 15 is 0 Å². The number of hydrogen-bond acceptors (Lipinski definition) is 7. The molecule has 2 aromatic heterocycles. The van der Waals surface area contributed by atoms with E-state index in [-0.39, 0.29) is 17.3 Å². The minimum absolute atomic E-state index is 0.113. The van der Waals surface area contributed by atoms with Crippen molar-refractivity contribution in [3.8, 4) is 34.8 Å². The Morgan fingerprint density at radius 3 is 2.48 bits per heavy atom. The van der Waals surface area contributed by atoms with Gasteiger partial charge in [0.1, 0.15) is 11.5 Å². The van der Waals surface area contributed by atoms with Gasteiger partial charge in [-0.3, -0.25) is 4.79 Å². The summed E-state index contributed by atoms with van der Waals surface area (Å²) in [5, 5.41) is 7.12. The third kappa shape index (κ3) is 6.38. The van der Waals surface area contributed by atoms with Gasteiger partial charge < -0.3 is 23.9 Å². The van der Waals surface area contributed by atoms with Crippen LogP contribution >= 0.6 is 0 Å². The van der Waals surface area contributed by atoms with Gasteiger partial charge in [0.2, 0.25) is 5.82 Å². The summed E-state index contributed by atoms with van der Waals surface area (Å²) >= 11 is 0. The first-order chi connectivity index (χ1) is 20.2. The first-order valence-corrected chi connectivity index (χ1v) is 12.7. The number of methoxy groups -OCH3 is 2. The molecule has 5 aromatic rings. The Morgan fingerprint density at radius 2 is 1.79 bits per heavy atom. The van der Waals surface area contributed by atoms with Crippen LogP contribution in [-0.4, -0.2) is 41.5 Å². The van der Waals surface area contributed by atoms with Crippen molar-refractivity contribution in [3.63, 3.8) is 0 Å². The van der Waals surface area contributed by atoms with Crippen LogP contribution in [0.1, 0.15) is 21.5 Å². The molecule has 0 aliphatic heterocycles. The SMILES string of the molecule is COc1ccc(CCOc2nc(-c3ccco3)n(-c3cccc(NC(=O)c4ccc(OC)c(C(F)(F)F)c4)c3)n2)cc1. The largest absolute Gasteiger partial charge is 0.497 e. The van der Waals surface area contributed by atoms with E-state index in [2.05, 4.69) is 15.4 Å². The standard InChI is InChI=1S/C30H25F3N4O5/c1-39-23-11-8-19(9-12-23)14-16-42-29-35-27(26-7-4-15-41-26)37(36-29)22-6-3-5-21(18-22)34-28(38)20-10-13-25(40-2)24(17-20)30(31,32)33/h3-13,15,17-18H,14,16H2,1-2H3,(H,34,38). The van der Waals surface area contributed by atoms with E-state index in [1.54, 1.807) is 43.5 Å². The molecule has 0 fully saturated rings. The van der Waals surface area contributed by atoms with Gasteiger partial charge in [-0.05, 0) is 66.2 Å². The molecule has 0 radical (unpaired) electrons.